The van der Waals surface area contributed by atoms with Crippen LogP contribution in [-0.2, 0) is 0 Å². The molecular weight excluding hydrogens is 258 g/mol. The number of aryl methyl sites for hydroxylation is 1. The van der Waals surface area contributed by atoms with Crippen molar-refractivity contribution in [2.75, 3.05) is 6.61 Å². The highest BCUT2D eigenvalue weighted by Gasteiger charge is 2.11. The smallest absolute Gasteiger partial charge is 0.104 e. The number of aromatic amines is 1. The molecule has 1 atom stereocenters. The van der Waals surface area contributed by atoms with Crippen molar-refractivity contribution in [3.63, 3.8) is 0 Å². The summed E-state index contributed by atoms with van der Waals surface area (Å²) in [5.41, 5.74) is 8.50. The number of H-pyrrole nitrogens is 1. The van der Waals surface area contributed by atoms with E-state index >= 15 is 0 Å². The third-order valence-corrected chi connectivity index (χ3v) is 3.00. The highest BCUT2D eigenvalue weighted by molar-refractivity contribution is 9.10. The lowest BCUT2D eigenvalue weighted by Crippen LogP contribution is -2.14. The summed E-state index contributed by atoms with van der Waals surface area (Å²) in [6, 6.07) is 3.46. The molecule has 0 fully saturated rings. The quantitative estimate of drug-likeness (QED) is 0.776. The summed E-state index contributed by atoms with van der Waals surface area (Å²) in [5, 5.41) is 9.02. The summed E-state index contributed by atoms with van der Waals surface area (Å²) >= 11 is 3.42. The third kappa shape index (κ3) is 1.90. The number of hydrogen-bond acceptors (Lipinski definition) is 3. The fourth-order valence-corrected chi connectivity index (χ4v) is 2.18. The first kappa shape index (κ1) is 10.6. The maximum absolute atomic E-state index is 9.02. The Bertz CT molecular complexity index is 495. The van der Waals surface area contributed by atoms with Crippen molar-refractivity contribution in [2.45, 2.75) is 13.0 Å². The Balaban J connectivity index is 2.60. The number of nitrogens with zero attached hydrogens (tertiary/aromatic N) is 1. The van der Waals surface area contributed by atoms with E-state index in [1.165, 1.54) is 0 Å². The Kier molecular flexibility index (Phi) is 2.77. The van der Waals surface area contributed by atoms with Crippen LogP contribution in [0.15, 0.2) is 16.6 Å². The van der Waals surface area contributed by atoms with Crippen molar-refractivity contribution < 1.29 is 5.11 Å². The van der Waals surface area contributed by atoms with Gasteiger partial charge in [-0.2, -0.15) is 0 Å². The Morgan fingerprint density at radius 1 is 1.60 bits per heavy atom. The van der Waals surface area contributed by atoms with Gasteiger partial charge in [0.15, 0.2) is 0 Å². The van der Waals surface area contributed by atoms with Crippen molar-refractivity contribution in [1.82, 2.24) is 9.97 Å². The Morgan fingerprint density at radius 3 is 3.00 bits per heavy atom. The number of nitrogens with two attached hydrogens (primary N) is 1. The van der Waals surface area contributed by atoms with Gasteiger partial charge in [-0.05, 0) is 24.6 Å². The molecule has 15 heavy (non-hydrogen) atoms. The SMILES string of the molecule is Cc1nc2cc(Br)c(C(N)CO)cc2[nH]1. The van der Waals surface area contributed by atoms with Crippen LogP contribution in [0.4, 0.5) is 0 Å². The molecule has 1 unspecified atom stereocenters. The molecule has 4 N–H and O–H groups in total. The minimum Gasteiger partial charge on any atom is -0.394 e. The zero-order valence-electron chi connectivity index (χ0n) is 8.29. The molecule has 1 aromatic heterocycles. The lowest BCUT2D eigenvalue weighted by atomic mass is 10.1. The van der Waals surface area contributed by atoms with E-state index in [1.807, 2.05) is 19.1 Å². The van der Waals surface area contributed by atoms with Gasteiger partial charge in [0.25, 0.3) is 0 Å². The van der Waals surface area contributed by atoms with E-state index in [2.05, 4.69) is 25.9 Å². The molecule has 1 aromatic carbocycles. The first-order valence-corrected chi connectivity index (χ1v) is 5.43. The maximum Gasteiger partial charge on any atom is 0.104 e. The van der Waals surface area contributed by atoms with Crippen LogP contribution in [-0.4, -0.2) is 21.7 Å². The number of aliphatic hydroxyl groups is 1. The van der Waals surface area contributed by atoms with Gasteiger partial charge in [0.05, 0.1) is 23.7 Å². The Morgan fingerprint density at radius 2 is 2.33 bits per heavy atom. The lowest BCUT2D eigenvalue weighted by Gasteiger charge is -2.10. The van der Waals surface area contributed by atoms with Crippen LogP contribution in [0.1, 0.15) is 17.4 Å². The van der Waals surface area contributed by atoms with Crippen LogP contribution >= 0.6 is 15.9 Å². The van der Waals surface area contributed by atoms with Gasteiger partial charge < -0.3 is 15.8 Å². The van der Waals surface area contributed by atoms with Crippen molar-refractivity contribution in [1.29, 1.82) is 0 Å². The van der Waals surface area contributed by atoms with E-state index in [9.17, 15) is 0 Å². The lowest BCUT2D eigenvalue weighted by molar-refractivity contribution is 0.267. The molecule has 0 amide bonds. The molecule has 0 aliphatic heterocycles. The summed E-state index contributed by atoms with van der Waals surface area (Å²) in [5.74, 6) is 0.867. The molecule has 1 heterocycles. The van der Waals surface area contributed by atoms with E-state index in [1.54, 1.807) is 0 Å². The molecule has 5 heteroatoms. The van der Waals surface area contributed by atoms with Gasteiger partial charge in [-0.1, -0.05) is 15.9 Å². The molecule has 0 radical (unpaired) electrons. The number of fused-ring (bicyclic) bond motifs is 1. The van der Waals surface area contributed by atoms with Crippen LogP contribution in [0, 0.1) is 6.92 Å². The highest BCUT2D eigenvalue weighted by atomic mass is 79.9. The van der Waals surface area contributed by atoms with Gasteiger partial charge in [0.2, 0.25) is 0 Å². The number of nitrogens with one attached hydrogen (secondary N) is 1. The number of hydrogen-bond donors (Lipinski definition) is 3. The van der Waals surface area contributed by atoms with Crippen molar-refractivity contribution >= 4 is 27.0 Å². The van der Waals surface area contributed by atoms with Crippen LogP contribution < -0.4 is 5.73 Å². The van der Waals surface area contributed by atoms with Crippen molar-refractivity contribution in [2.24, 2.45) is 5.73 Å². The summed E-state index contributed by atoms with van der Waals surface area (Å²) < 4.78 is 0.878. The minimum atomic E-state index is -0.368. The molecule has 0 spiro atoms. The van der Waals surface area contributed by atoms with Crippen LogP contribution in [0.2, 0.25) is 0 Å². The standard InChI is InChI=1S/C10H12BrN3O/c1-5-13-9-2-6(8(12)4-15)7(11)3-10(9)14-5/h2-3,8,15H,4,12H2,1H3,(H,13,14). The third-order valence-electron chi connectivity index (χ3n) is 2.31. The van der Waals surface area contributed by atoms with Crippen molar-refractivity contribution in [3.05, 3.63) is 28.0 Å². The van der Waals surface area contributed by atoms with E-state index in [-0.39, 0.29) is 12.6 Å². The Labute approximate surface area is 95.6 Å². The van der Waals surface area contributed by atoms with Crippen LogP contribution in [0.3, 0.4) is 0 Å². The van der Waals surface area contributed by atoms with E-state index in [0.717, 1.165) is 26.9 Å². The molecule has 0 aliphatic carbocycles. The second-order valence-electron chi connectivity index (χ2n) is 3.50. The number of rotatable bonds is 2. The number of aromatic nitrogens is 2. The average molecular weight is 270 g/mol. The van der Waals surface area contributed by atoms with Crippen molar-refractivity contribution in [3.8, 4) is 0 Å². The van der Waals surface area contributed by atoms with Gasteiger partial charge in [0, 0.05) is 4.47 Å². The number of aliphatic hydroxyl groups excluding tert-OH is 1. The van der Waals surface area contributed by atoms with Crippen LogP contribution in [0.25, 0.3) is 11.0 Å². The maximum atomic E-state index is 9.02. The fraction of sp³-hybridized carbons (Fsp3) is 0.300. The summed E-state index contributed by atoms with van der Waals surface area (Å²) in [4.78, 5) is 7.45. The van der Waals surface area contributed by atoms with Gasteiger partial charge in [-0.15, -0.1) is 0 Å². The van der Waals surface area contributed by atoms with Gasteiger partial charge in [-0.25, -0.2) is 4.98 Å². The minimum absolute atomic E-state index is 0.0722. The molecule has 80 valence electrons. The zero-order chi connectivity index (χ0) is 11.0. The predicted molar refractivity (Wildman–Crippen MR) is 62.5 cm³/mol. The van der Waals surface area contributed by atoms with E-state index in [4.69, 9.17) is 10.8 Å². The number of halogens is 1. The van der Waals surface area contributed by atoms with Gasteiger partial charge in [-0.3, -0.25) is 0 Å². The largest absolute Gasteiger partial charge is 0.394 e. The summed E-state index contributed by atoms with van der Waals surface area (Å²) in [6.07, 6.45) is 0. The molecule has 0 aliphatic rings. The molecule has 0 saturated carbocycles. The van der Waals surface area contributed by atoms with E-state index < -0.39 is 0 Å². The molecule has 4 nitrogen and oxygen atoms in total. The first-order chi connectivity index (χ1) is 7.11. The summed E-state index contributed by atoms with van der Waals surface area (Å²) in [7, 11) is 0. The monoisotopic (exact) mass is 269 g/mol. The topological polar surface area (TPSA) is 74.9 Å². The molecular formula is C10H12BrN3O. The summed E-state index contributed by atoms with van der Waals surface area (Å²) in [6.45, 7) is 1.83. The predicted octanol–water partition coefficient (Wildman–Crippen LogP) is 1.63. The molecule has 2 aromatic rings. The van der Waals surface area contributed by atoms with Gasteiger partial charge in [0.1, 0.15) is 5.82 Å². The second-order valence-corrected chi connectivity index (χ2v) is 4.36. The normalized spacial score (nSPS) is 13.3. The number of imidazole rings is 1. The number of benzene rings is 1. The Hall–Kier alpha value is -0.910. The van der Waals surface area contributed by atoms with Gasteiger partial charge >= 0.3 is 0 Å². The average Bonchev–Trinajstić information content (AvgIpc) is 2.55. The highest BCUT2D eigenvalue weighted by Crippen LogP contribution is 2.26. The second kappa shape index (κ2) is 3.92. The molecule has 0 saturated heterocycles. The fourth-order valence-electron chi connectivity index (χ4n) is 1.56. The molecule has 2 rings (SSSR count). The molecule has 0 bridgehead atoms. The van der Waals surface area contributed by atoms with Crippen LogP contribution in [0.5, 0.6) is 0 Å². The van der Waals surface area contributed by atoms with E-state index in [0.29, 0.717) is 0 Å². The first-order valence-electron chi connectivity index (χ1n) is 4.64. The zero-order valence-corrected chi connectivity index (χ0v) is 9.87.